The first-order valence-corrected chi connectivity index (χ1v) is 12.5. The molecular weight excluding hydrogens is 568 g/mol. The third kappa shape index (κ3) is 6.29. The smallest absolute Gasteiger partial charge is 0.338 e. The zero-order chi connectivity index (χ0) is 25.8. The quantitative estimate of drug-likeness (QED) is 0.236. The van der Waals surface area contributed by atoms with Crippen LogP contribution in [0.25, 0.3) is 6.08 Å². The normalized spacial score (nSPS) is 14.3. The van der Waals surface area contributed by atoms with Gasteiger partial charge in [0.2, 0.25) is 0 Å². The Labute approximate surface area is 230 Å². The Morgan fingerprint density at radius 2 is 1.83 bits per heavy atom. The number of thioether (sulfide) groups is 1. The van der Waals surface area contributed by atoms with Gasteiger partial charge >= 0.3 is 6.03 Å². The molecule has 4 rings (SSSR count). The zero-order valence-corrected chi connectivity index (χ0v) is 22.0. The van der Waals surface area contributed by atoms with Gasteiger partial charge in [-0.15, -0.1) is 0 Å². The molecule has 0 aliphatic carbocycles. The molecular formula is C24H15Cl3FN3O3S2. The van der Waals surface area contributed by atoms with E-state index in [-0.39, 0.29) is 26.5 Å². The maximum absolute atomic E-state index is 14.0. The molecule has 2 N–H and O–H groups in total. The summed E-state index contributed by atoms with van der Waals surface area (Å²) >= 11 is 24.2. The van der Waals surface area contributed by atoms with Crippen molar-refractivity contribution in [3.05, 3.63) is 97.6 Å². The van der Waals surface area contributed by atoms with Crippen LogP contribution in [0.1, 0.15) is 11.1 Å². The highest BCUT2D eigenvalue weighted by atomic mass is 35.5. The van der Waals surface area contributed by atoms with E-state index in [1.54, 1.807) is 42.5 Å². The summed E-state index contributed by atoms with van der Waals surface area (Å²) in [6, 6.07) is 15.2. The van der Waals surface area contributed by atoms with Crippen LogP contribution in [0, 0.1) is 5.82 Å². The lowest BCUT2D eigenvalue weighted by molar-refractivity contribution is -0.123. The lowest BCUT2D eigenvalue weighted by Crippen LogP contribution is -2.46. The van der Waals surface area contributed by atoms with E-state index in [1.807, 2.05) is 0 Å². The van der Waals surface area contributed by atoms with Gasteiger partial charge in [0.05, 0.1) is 20.0 Å². The summed E-state index contributed by atoms with van der Waals surface area (Å²) in [6.45, 7) is -0.0606. The van der Waals surface area contributed by atoms with Crippen molar-refractivity contribution in [3.63, 3.8) is 0 Å². The maximum atomic E-state index is 14.0. The topological polar surface area (TPSA) is 70.7 Å². The minimum atomic E-state index is -0.687. The average Bonchev–Trinajstić information content (AvgIpc) is 3.08. The highest BCUT2D eigenvalue weighted by Gasteiger charge is 2.33. The van der Waals surface area contributed by atoms with Crippen molar-refractivity contribution in [2.24, 2.45) is 0 Å². The second-order valence-electron chi connectivity index (χ2n) is 7.27. The fraction of sp³-hybridized carbons (Fsp3) is 0.0417. The molecule has 1 heterocycles. The Bertz CT molecular complexity index is 1380. The number of thiocarbonyl (C=S) groups is 1. The number of halogens is 4. The van der Waals surface area contributed by atoms with Crippen molar-refractivity contribution in [1.29, 1.82) is 0 Å². The van der Waals surface area contributed by atoms with Gasteiger partial charge in [0.25, 0.3) is 5.91 Å². The summed E-state index contributed by atoms with van der Waals surface area (Å²) < 4.78 is 19.8. The molecule has 3 amide bonds. The van der Waals surface area contributed by atoms with Crippen LogP contribution >= 0.6 is 58.8 Å². The molecule has 0 unspecified atom stereocenters. The number of rotatable bonds is 6. The minimum Gasteiger partial charge on any atom is -0.489 e. The van der Waals surface area contributed by atoms with Gasteiger partial charge in [-0.05, 0) is 66.3 Å². The highest BCUT2D eigenvalue weighted by Crippen LogP contribution is 2.32. The van der Waals surface area contributed by atoms with Gasteiger partial charge in [-0.3, -0.25) is 4.79 Å². The van der Waals surface area contributed by atoms with Crippen molar-refractivity contribution in [1.82, 2.24) is 10.4 Å². The fourth-order valence-electron chi connectivity index (χ4n) is 3.07. The average molecular weight is 583 g/mol. The van der Waals surface area contributed by atoms with Crippen molar-refractivity contribution in [2.45, 2.75) is 6.61 Å². The van der Waals surface area contributed by atoms with Crippen LogP contribution in [0.15, 0.2) is 65.6 Å². The van der Waals surface area contributed by atoms with Crippen molar-refractivity contribution in [2.75, 3.05) is 5.32 Å². The van der Waals surface area contributed by atoms with Gasteiger partial charge in [0.1, 0.15) is 18.2 Å². The van der Waals surface area contributed by atoms with Crippen molar-refractivity contribution >= 4 is 86.8 Å². The number of hydrogen-bond donors (Lipinski definition) is 2. The molecule has 0 saturated carbocycles. The molecule has 1 aliphatic heterocycles. The molecule has 0 aromatic heterocycles. The second kappa shape index (κ2) is 11.5. The SMILES string of the molecule is O=C(Nc1ccc(Cl)c(Cl)c1)NN1C(=O)/C(=C\c2cccc(OCc3c(F)cccc3Cl)c2)SC1=S. The van der Waals surface area contributed by atoms with Gasteiger partial charge in [-0.2, -0.15) is 5.01 Å². The van der Waals surface area contributed by atoms with Crippen LogP contribution in [0.3, 0.4) is 0 Å². The van der Waals surface area contributed by atoms with E-state index in [0.29, 0.717) is 26.9 Å². The minimum absolute atomic E-state index is 0.0606. The van der Waals surface area contributed by atoms with Crippen LogP contribution in [0.4, 0.5) is 14.9 Å². The van der Waals surface area contributed by atoms with Crippen LogP contribution in [0.5, 0.6) is 5.75 Å². The summed E-state index contributed by atoms with van der Waals surface area (Å²) in [4.78, 5) is 25.5. The van der Waals surface area contributed by atoms with E-state index in [0.717, 1.165) is 16.8 Å². The molecule has 1 fully saturated rings. The molecule has 0 spiro atoms. The zero-order valence-electron chi connectivity index (χ0n) is 18.1. The van der Waals surface area contributed by atoms with E-state index in [4.69, 9.17) is 51.8 Å². The van der Waals surface area contributed by atoms with Crippen LogP contribution in [-0.2, 0) is 11.4 Å². The number of nitrogens with zero attached hydrogens (tertiary/aromatic N) is 1. The third-order valence-corrected chi connectivity index (χ3v) is 7.18. The number of hydrazine groups is 1. The van der Waals surface area contributed by atoms with Crippen LogP contribution < -0.4 is 15.5 Å². The number of carbonyl (C=O) groups excluding carboxylic acids is 2. The monoisotopic (exact) mass is 581 g/mol. The molecule has 0 radical (unpaired) electrons. The van der Waals surface area contributed by atoms with Gasteiger partial charge in [0, 0.05) is 11.3 Å². The predicted molar refractivity (Wildman–Crippen MR) is 146 cm³/mol. The number of amides is 3. The van der Waals surface area contributed by atoms with Gasteiger partial charge in [-0.25, -0.2) is 14.6 Å². The molecule has 184 valence electrons. The van der Waals surface area contributed by atoms with Gasteiger partial charge < -0.3 is 10.1 Å². The lowest BCUT2D eigenvalue weighted by Gasteiger charge is -2.16. The Hall–Kier alpha value is -2.82. The van der Waals surface area contributed by atoms with Crippen molar-refractivity contribution in [3.8, 4) is 5.75 Å². The number of benzene rings is 3. The number of ether oxygens (including phenoxy) is 1. The fourth-order valence-corrected chi connectivity index (χ4v) is 4.76. The molecule has 1 saturated heterocycles. The van der Waals surface area contributed by atoms with E-state index in [9.17, 15) is 14.0 Å². The predicted octanol–water partition coefficient (Wildman–Crippen LogP) is 7.30. The molecule has 0 atom stereocenters. The van der Waals surface area contributed by atoms with Crippen LogP contribution in [-0.4, -0.2) is 21.3 Å². The Morgan fingerprint density at radius 3 is 2.58 bits per heavy atom. The molecule has 3 aromatic rings. The third-order valence-electron chi connectivity index (χ3n) is 4.79. The first-order chi connectivity index (χ1) is 17.2. The van der Waals surface area contributed by atoms with E-state index in [1.165, 1.54) is 24.3 Å². The number of hydrogen-bond acceptors (Lipinski definition) is 5. The standard InChI is InChI=1S/C24H15Cl3FN3O3S2/c25-17-5-2-6-20(28)16(17)12-34-15-4-1-3-13(9-15)10-21-22(32)31(24(35)36-21)30-23(33)29-14-7-8-18(26)19(27)11-14/h1-11H,12H2,(H2,29,30,33)/b21-10+. The molecule has 6 nitrogen and oxygen atoms in total. The number of carbonyl (C=O) groups is 2. The molecule has 12 heteroatoms. The Kier molecular flexibility index (Phi) is 8.38. The lowest BCUT2D eigenvalue weighted by atomic mass is 10.2. The highest BCUT2D eigenvalue weighted by molar-refractivity contribution is 8.26. The number of urea groups is 1. The van der Waals surface area contributed by atoms with Crippen molar-refractivity contribution < 1.29 is 18.7 Å². The van der Waals surface area contributed by atoms with E-state index in [2.05, 4.69) is 10.7 Å². The second-order valence-corrected chi connectivity index (χ2v) is 10.2. The Morgan fingerprint density at radius 1 is 1.06 bits per heavy atom. The summed E-state index contributed by atoms with van der Waals surface area (Å²) in [5.74, 6) is -0.505. The molecule has 0 bridgehead atoms. The first-order valence-electron chi connectivity index (χ1n) is 10.2. The molecule has 3 aromatic carbocycles. The van der Waals surface area contributed by atoms with Crippen LogP contribution in [0.2, 0.25) is 15.1 Å². The van der Waals surface area contributed by atoms with E-state index >= 15 is 0 Å². The molecule has 1 aliphatic rings. The summed E-state index contributed by atoms with van der Waals surface area (Å²) in [7, 11) is 0. The summed E-state index contributed by atoms with van der Waals surface area (Å²) in [5.41, 5.74) is 3.70. The largest absolute Gasteiger partial charge is 0.489 e. The Balaban J connectivity index is 1.41. The summed E-state index contributed by atoms with van der Waals surface area (Å²) in [5, 5.41) is 4.41. The first kappa shape index (κ1) is 26.2. The molecule has 36 heavy (non-hydrogen) atoms. The van der Waals surface area contributed by atoms with E-state index < -0.39 is 17.8 Å². The van der Waals surface area contributed by atoms with Gasteiger partial charge in [0.15, 0.2) is 4.32 Å². The van der Waals surface area contributed by atoms with Gasteiger partial charge in [-0.1, -0.05) is 64.8 Å². The number of nitrogens with one attached hydrogen (secondary N) is 2. The summed E-state index contributed by atoms with van der Waals surface area (Å²) in [6.07, 6.45) is 1.61. The maximum Gasteiger partial charge on any atom is 0.338 e. The number of anilines is 1.